The number of ether oxygens (including phenoxy) is 3. The van der Waals surface area contributed by atoms with Crippen LogP contribution in [0.25, 0.3) is 0 Å². The van der Waals surface area contributed by atoms with Crippen LogP contribution in [0.2, 0.25) is 0 Å². The minimum absolute atomic E-state index is 0.0363. The van der Waals surface area contributed by atoms with Gasteiger partial charge in [0, 0.05) is 25.8 Å². The number of benzene rings is 3. The van der Waals surface area contributed by atoms with Gasteiger partial charge in [0.15, 0.2) is 11.5 Å². The van der Waals surface area contributed by atoms with Crippen molar-refractivity contribution in [1.82, 2.24) is 4.90 Å². The minimum Gasteiger partial charge on any atom is -0.497 e. The summed E-state index contributed by atoms with van der Waals surface area (Å²) in [6.45, 7) is 0.523. The van der Waals surface area contributed by atoms with E-state index in [4.69, 9.17) is 18.4 Å². The second-order valence-electron chi connectivity index (χ2n) is 8.00. The van der Waals surface area contributed by atoms with Gasteiger partial charge in [-0.1, -0.05) is 12.1 Å². The van der Waals surface area contributed by atoms with Crippen molar-refractivity contribution in [2.75, 3.05) is 34.5 Å². The summed E-state index contributed by atoms with van der Waals surface area (Å²) in [4.78, 5) is 14.0. The molecule has 0 spiro atoms. The van der Waals surface area contributed by atoms with Gasteiger partial charge >= 0.3 is 16.3 Å². The first-order valence-electron chi connectivity index (χ1n) is 11.2. The van der Waals surface area contributed by atoms with E-state index in [1.165, 1.54) is 38.4 Å². The van der Waals surface area contributed by atoms with Gasteiger partial charge in [0.05, 0.1) is 26.4 Å². The fourth-order valence-electron chi connectivity index (χ4n) is 3.47. The summed E-state index contributed by atoms with van der Waals surface area (Å²) in [5.74, 6) is 0.0729. The molecule has 0 bridgehead atoms. The summed E-state index contributed by atoms with van der Waals surface area (Å²) in [7, 11) is -0.352. The Kier molecular flexibility index (Phi) is 9.23. The van der Waals surface area contributed by atoms with E-state index in [1.807, 2.05) is 0 Å². The van der Waals surface area contributed by atoms with E-state index in [9.17, 15) is 26.4 Å². The van der Waals surface area contributed by atoms with E-state index in [2.05, 4.69) is 0 Å². The van der Waals surface area contributed by atoms with Crippen LogP contribution in [0.3, 0.4) is 0 Å². The molecular formula is C26H26F3NO7S. The fourth-order valence-corrected chi connectivity index (χ4v) is 4.45. The van der Waals surface area contributed by atoms with Crippen molar-refractivity contribution >= 4 is 16.0 Å². The molecule has 0 atom stereocenters. The first-order valence-corrected chi connectivity index (χ1v) is 12.6. The molecule has 1 amide bonds. The molecule has 3 aromatic rings. The van der Waals surface area contributed by atoms with Gasteiger partial charge in [-0.25, -0.2) is 0 Å². The number of hydrogen-bond donors (Lipinski definition) is 0. The predicted molar refractivity (Wildman–Crippen MR) is 132 cm³/mol. The molecule has 38 heavy (non-hydrogen) atoms. The number of alkyl halides is 3. The monoisotopic (exact) mass is 553 g/mol. The number of carbonyl (C=O) groups is 1. The number of halogens is 3. The Bertz CT molecular complexity index is 1360. The first kappa shape index (κ1) is 28.8. The van der Waals surface area contributed by atoms with Crippen LogP contribution in [-0.4, -0.2) is 53.7 Å². The van der Waals surface area contributed by atoms with Crippen molar-refractivity contribution < 1.29 is 44.8 Å². The summed E-state index contributed by atoms with van der Waals surface area (Å²) >= 11 is 0. The van der Waals surface area contributed by atoms with Crippen molar-refractivity contribution in [2.45, 2.75) is 17.6 Å². The second kappa shape index (κ2) is 12.2. The van der Waals surface area contributed by atoms with Crippen molar-refractivity contribution in [3.8, 4) is 17.2 Å². The highest BCUT2D eigenvalue weighted by Gasteiger charge is 2.32. The topological polar surface area (TPSA) is 91.4 Å². The normalized spacial score (nSPS) is 11.6. The molecule has 3 rings (SSSR count). The van der Waals surface area contributed by atoms with Crippen molar-refractivity contribution in [2.24, 2.45) is 0 Å². The molecule has 3 aromatic carbocycles. The third-order valence-electron chi connectivity index (χ3n) is 5.44. The summed E-state index contributed by atoms with van der Waals surface area (Å²) in [6, 6.07) is 14.2. The van der Waals surface area contributed by atoms with Crippen molar-refractivity contribution in [3.63, 3.8) is 0 Å². The van der Waals surface area contributed by atoms with Crippen LogP contribution in [0, 0.1) is 0 Å². The Balaban J connectivity index is 1.90. The molecule has 0 saturated heterocycles. The van der Waals surface area contributed by atoms with E-state index < -0.39 is 26.8 Å². The highest BCUT2D eigenvalue weighted by Crippen LogP contribution is 2.34. The number of methoxy groups -OCH3 is 3. The number of hydrogen-bond acceptors (Lipinski definition) is 7. The van der Waals surface area contributed by atoms with Gasteiger partial charge in [0.2, 0.25) is 0 Å². The van der Waals surface area contributed by atoms with Gasteiger partial charge in [0.25, 0.3) is 5.91 Å². The molecule has 0 N–H and O–H groups in total. The number of nitrogens with zero attached hydrogens (tertiary/aromatic N) is 1. The molecule has 0 saturated carbocycles. The van der Waals surface area contributed by atoms with Crippen LogP contribution in [0.15, 0.2) is 71.6 Å². The van der Waals surface area contributed by atoms with Gasteiger partial charge in [-0.2, -0.15) is 21.6 Å². The van der Waals surface area contributed by atoms with E-state index in [-0.39, 0.29) is 37.1 Å². The predicted octanol–water partition coefficient (Wildman–Crippen LogP) is 4.78. The van der Waals surface area contributed by atoms with Gasteiger partial charge in [-0.15, -0.1) is 0 Å². The average Bonchev–Trinajstić information content (AvgIpc) is 2.90. The lowest BCUT2D eigenvalue weighted by molar-refractivity contribution is -0.137. The van der Waals surface area contributed by atoms with Crippen LogP contribution < -0.4 is 13.7 Å². The van der Waals surface area contributed by atoms with Crippen LogP contribution in [0.1, 0.15) is 21.5 Å². The Hall–Kier alpha value is -3.77. The summed E-state index contributed by atoms with van der Waals surface area (Å²) < 4.78 is 85.6. The Labute approximate surface area is 218 Å². The standard InChI is InChI=1S/C26H26F3NO7S/c1-34-14-13-30(25(31)19-8-10-21(35-2)11-9-19)17-18-7-12-23(36-3)24(15-18)37-38(32,33)22-6-4-5-20(16-22)26(27,28)29/h4-12,15-16H,13-14,17H2,1-3H3. The molecule has 0 heterocycles. The van der Waals surface area contributed by atoms with E-state index in [0.717, 1.165) is 18.2 Å². The van der Waals surface area contributed by atoms with Gasteiger partial charge in [-0.3, -0.25) is 4.79 Å². The third kappa shape index (κ3) is 7.17. The zero-order chi connectivity index (χ0) is 27.9. The minimum atomic E-state index is -4.73. The number of rotatable bonds is 11. The van der Waals surface area contributed by atoms with Crippen molar-refractivity contribution in [1.29, 1.82) is 0 Å². The fraction of sp³-hybridized carbons (Fsp3) is 0.269. The molecule has 0 aliphatic carbocycles. The quantitative estimate of drug-likeness (QED) is 0.316. The molecule has 12 heteroatoms. The van der Waals surface area contributed by atoms with E-state index >= 15 is 0 Å². The molecule has 0 radical (unpaired) electrons. The first-order chi connectivity index (χ1) is 18.0. The van der Waals surface area contributed by atoms with E-state index in [0.29, 0.717) is 22.9 Å². The van der Waals surface area contributed by atoms with Crippen molar-refractivity contribution in [3.05, 3.63) is 83.4 Å². The van der Waals surface area contributed by atoms with Gasteiger partial charge in [0.1, 0.15) is 10.6 Å². The summed E-state index contributed by atoms with van der Waals surface area (Å²) in [5.41, 5.74) is -0.245. The smallest absolute Gasteiger partial charge is 0.416 e. The molecule has 204 valence electrons. The lowest BCUT2D eigenvalue weighted by Crippen LogP contribution is -2.33. The van der Waals surface area contributed by atoms with Crippen LogP contribution in [0.4, 0.5) is 13.2 Å². The number of carbonyl (C=O) groups excluding carboxylic acids is 1. The lowest BCUT2D eigenvalue weighted by atomic mass is 10.1. The Morgan fingerprint density at radius 1 is 0.895 bits per heavy atom. The largest absolute Gasteiger partial charge is 0.497 e. The summed E-state index contributed by atoms with van der Waals surface area (Å²) in [5, 5.41) is 0. The zero-order valence-electron chi connectivity index (χ0n) is 20.8. The SMILES string of the molecule is COCCN(Cc1ccc(OC)c(OS(=O)(=O)c2cccc(C(F)(F)F)c2)c1)C(=O)c1ccc(OC)cc1. The van der Waals surface area contributed by atoms with Crippen LogP contribution in [-0.2, 0) is 27.6 Å². The van der Waals surface area contributed by atoms with Gasteiger partial charge in [-0.05, 0) is 60.2 Å². The lowest BCUT2D eigenvalue weighted by Gasteiger charge is -2.23. The van der Waals surface area contributed by atoms with Crippen LogP contribution in [0.5, 0.6) is 17.2 Å². The highest BCUT2D eigenvalue weighted by atomic mass is 32.2. The Morgan fingerprint density at radius 3 is 2.21 bits per heavy atom. The van der Waals surface area contributed by atoms with Gasteiger partial charge < -0.3 is 23.3 Å². The molecule has 0 aromatic heterocycles. The highest BCUT2D eigenvalue weighted by molar-refractivity contribution is 7.87. The maximum atomic E-state index is 13.2. The third-order valence-corrected chi connectivity index (χ3v) is 6.67. The average molecular weight is 554 g/mol. The summed E-state index contributed by atoms with van der Waals surface area (Å²) in [6.07, 6.45) is -4.73. The molecule has 0 aliphatic rings. The Morgan fingerprint density at radius 2 is 1.61 bits per heavy atom. The number of amides is 1. The molecule has 0 aliphatic heterocycles. The molecular weight excluding hydrogens is 527 g/mol. The molecule has 0 fully saturated rings. The zero-order valence-corrected chi connectivity index (χ0v) is 21.6. The molecule has 8 nitrogen and oxygen atoms in total. The van der Waals surface area contributed by atoms with E-state index in [1.54, 1.807) is 30.3 Å². The maximum Gasteiger partial charge on any atom is 0.416 e. The second-order valence-corrected chi connectivity index (χ2v) is 9.54. The maximum absolute atomic E-state index is 13.2. The molecule has 0 unspecified atom stereocenters. The van der Waals surface area contributed by atoms with Crippen LogP contribution >= 0.6 is 0 Å².